The van der Waals surface area contributed by atoms with Crippen LogP contribution in [0.3, 0.4) is 0 Å². The fourth-order valence-corrected chi connectivity index (χ4v) is 4.52. The molecular formula is C25H21FN4OS. The number of halogens is 1. The Balaban J connectivity index is 1.66. The molecule has 5 nitrogen and oxygen atoms in total. The molecule has 7 heteroatoms. The molecule has 0 radical (unpaired) electrons. The first-order chi connectivity index (χ1) is 15.7. The molecule has 32 heavy (non-hydrogen) atoms. The van der Waals surface area contributed by atoms with Crippen LogP contribution in [-0.4, -0.2) is 21.8 Å². The Kier molecular flexibility index (Phi) is 5.33. The van der Waals surface area contributed by atoms with Crippen LogP contribution >= 0.6 is 12.2 Å². The number of thiocarbonyl (C=S) groups is 1. The number of methoxy groups -OCH3 is 1. The number of para-hydroxylation sites is 1. The molecule has 0 saturated carbocycles. The second kappa shape index (κ2) is 8.43. The highest BCUT2D eigenvalue weighted by atomic mass is 32.1. The lowest BCUT2D eigenvalue weighted by molar-refractivity contribution is 0.415. The summed E-state index contributed by atoms with van der Waals surface area (Å²) in [4.78, 5) is 6.63. The summed E-state index contributed by atoms with van der Waals surface area (Å²) in [5, 5.41) is 4.02. The molecule has 5 rings (SSSR count). The van der Waals surface area contributed by atoms with Gasteiger partial charge in [0.1, 0.15) is 17.6 Å². The number of aromatic nitrogens is 2. The van der Waals surface area contributed by atoms with E-state index in [1.807, 2.05) is 71.4 Å². The van der Waals surface area contributed by atoms with Crippen LogP contribution in [0, 0.1) is 5.82 Å². The number of hydrogen-bond donors (Lipinski definition) is 1. The van der Waals surface area contributed by atoms with Gasteiger partial charge in [-0.3, -0.25) is 4.98 Å². The van der Waals surface area contributed by atoms with Gasteiger partial charge in [0, 0.05) is 23.8 Å². The molecule has 4 aromatic rings. The molecule has 2 unspecified atom stereocenters. The molecule has 0 bridgehead atoms. The molecule has 0 amide bonds. The van der Waals surface area contributed by atoms with Crippen LogP contribution in [-0.2, 0) is 0 Å². The molecule has 2 aromatic carbocycles. The molecule has 1 aliphatic rings. The topological polar surface area (TPSA) is 42.3 Å². The average molecular weight is 445 g/mol. The summed E-state index contributed by atoms with van der Waals surface area (Å²) in [5.74, 6) is 0.475. The fraction of sp³-hybridized carbons (Fsp3) is 0.120. The van der Waals surface area contributed by atoms with Gasteiger partial charge in [-0.1, -0.05) is 18.2 Å². The Morgan fingerprint density at radius 3 is 2.47 bits per heavy atom. The van der Waals surface area contributed by atoms with E-state index in [-0.39, 0.29) is 17.9 Å². The summed E-state index contributed by atoms with van der Waals surface area (Å²) >= 11 is 5.77. The summed E-state index contributed by atoms with van der Waals surface area (Å²) in [5.41, 5.74) is 3.15. The maximum absolute atomic E-state index is 14.7. The van der Waals surface area contributed by atoms with Crippen LogP contribution in [0.1, 0.15) is 23.5 Å². The van der Waals surface area contributed by atoms with Gasteiger partial charge in [-0.15, -0.1) is 0 Å². The Bertz CT molecular complexity index is 1240. The lowest BCUT2D eigenvalue weighted by Crippen LogP contribution is -2.30. The molecule has 1 aliphatic heterocycles. The summed E-state index contributed by atoms with van der Waals surface area (Å²) < 4.78 is 21.9. The fourth-order valence-electron chi connectivity index (χ4n) is 4.18. The van der Waals surface area contributed by atoms with Gasteiger partial charge in [-0.05, 0) is 72.9 Å². The van der Waals surface area contributed by atoms with E-state index in [9.17, 15) is 4.39 Å². The number of anilines is 1. The first-order valence-electron chi connectivity index (χ1n) is 10.2. The van der Waals surface area contributed by atoms with Crippen molar-refractivity contribution < 1.29 is 9.13 Å². The molecule has 2 atom stereocenters. The van der Waals surface area contributed by atoms with Crippen molar-refractivity contribution in [3.63, 3.8) is 0 Å². The van der Waals surface area contributed by atoms with Crippen LogP contribution in [0.2, 0.25) is 0 Å². The van der Waals surface area contributed by atoms with E-state index in [1.54, 1.807) is 25.4 Å². The van der Waals surface area contributed by atoms with Crippen LogP contribution in [0.5, 0.6) is 5.75 Å². The molecule has 1 N–H and O–H groups in total. The monoisotopic (exact) mass is 444 g/mol. The first kappa shape index (κ1) is 20.2. The average Bonchev–Trinajstić information content (AvgIpc) is 3.44. The van der Waals surface area contributed by atoms with Gasteiger partial charge in [-0.25, -0.2) is 4.39 Å². The van der Waals surface area contributed by atoms with Crippen molar-refractivity contribution >= 4 is 23.0 Å². The summed E-state index contributed by atoms with van der Waals surface area (Å²) in [6.45, 7) is 0. The third-order valence-electron chi connectivity index (χ3n) is 5.64. The van der Waals surface area contributed by atoms with E-state index in [0.29, 0.717) is 10.8 Å². The second-order valence-electron chi connectivity index (χ2n) is 7.45. The molecule has 2 aromatic heterocycles. The normalized spacial score (nSPS) is 17.9. The molecule has 0 aliphatic carbocycles. The van der Waals surface area contributed by atoms with Crippen molar-refractivity contribution in [2.75, 3.05) is 12.0 Å². The summed E-state index contributed by atoms with van der Waals surface area (Å²) in [6, 6.07) is 23.8. The zero-order valence-corrected chi connectivity index (χ0v) is 18.2. The largest absolute Gasteiger partial charge is 0.497 e. The Morgan fingerprint density at radius 1 is 0.969 bits per heavy atom. The zero-order valence-electron chi connectivity index (χ0n) is 17.4. The number of pyridine rings is 1. The second-order valence-corrected chi connectivity index (χ2v) is 7.84. The molecule has 0 spiro atoms. The smallest absolute Gasteiger partial charge is 0.174 e. The highest BCUT2D eigenvalue weighted by Crippen LogP contribution is 2.42. The molecule has 3 heterocycles. The number of ether oxygens (including phenoxy) is 1. The quantitative estimate of drug-likeness (QED) is 0.429. The van der Waals surface area contributed by atoms with Gasteiger partial charge < -0.3 is 19.5 Å². The van der Waals surface area contributed by atoms with Crippen molar-refractivity contribution in [2.45, 2.75) is 12.1 Å². The van der Waals surface area contributed by atoms with Gasteiger partial charge in [0.2, 0.25) is 0 Å². The number of nitrogens with zero attached hydrogens (tertiary/aromatic N) is 3. The SMILES string of the molecule is COc1ccc(N2C(=S)NC(c3ccccn3)C2c2cccn2-c2ccccc2F)cc1. The maximum Gasteiger partial charge on any atom is 0.174 e. The minimum atomic E-state index is -0.288. The van der Waals surface area contributed by atoms with Crippen molar-refractivity contribution in [2.24, 2.45) is 0 Å². The Hall–Kier alpha value is -3.71. The van der Waals surface area contributed by atoms with E-state index in [1.165, 1.54) is 6.07 Å². The lowest BCUT2D eigenvalue weighted by Gasteiger charge is -2.29. The van der Waals surface area contributed by atoms with Crippen molar-refractivity contribution in [1.29, 1.82) is 0 Å². The third-order valence-corrected chi connectivity index (χ3v) is 5.96. The van der Waals surface area contributed by atoms with E-state index in [2.05, 4.69) is 15.2 Å². The van der Waals surface area contributed by atoms with Crippen LogP contribution in [0.25, 0.3) is 5.69 Å². The molecule has 160 valence electrons. The van der Waals surface area contributed by atoms with Crippen molar-refractivity contribution in [3.05, 3.63) is 108 Å². The highest BCUT2D eigenvalue weighted by Gasteiger charge is 2.42. The van der Waals surface area contributed by atoms with E-state index in [4.69, 9.17) is 17.0 Å². The molecule has 1 saturated heterocycles. The summed E-state index contributed by atoms with van der Waals surface area (Å²) in [6.07, 6.45) is 3.64. The van der Waals surface area contributed by atoms with Crippen LogP contribution in [0.15, 0.2) is 91.3 Å². The standard InChI is InChI=1S/C25H21FN4OS/c1-31-18-13-11-17(12-14-18)30-24(23(28-25(30)32)20-8-4-5-15-27-20)22-10-6-16-29(22)21-9-3-2-7-19(21)26/h2-16,23-24H,1H3,(H,28,32). The van der Waals surface area contributed by atoms with E-state index in [0.717, 1.165) is 22.8 Å². The number of rotatable bonds is 5. The molecule has 1 fully saturated rings. The third kappa shape index (κ3) is 3.50. The van der Waals surface area contributed by atoms with Gasteiger partial charge in [0.25, 0.3) is 0 Å². The predicted molar refractivity (Wildman–Crippen MR) is 127 cm³/mol. The van der Waals surface area contributed by atoms with Gasteiger partial charge in [0.15, 0.2) is 5.11 Å². The lowest BCUT2D eigenvalue weighted by atomic mass is 10.0. The minimum absolute atomic E-state index is 0.216. The van der Waals surface area contributed by atoms with Gasteiger partial charge in [0.05, 0.1) is 24.5 Å². The minimum Gasteiger partial charge on any atom is -0.497 e. The highest BCUT2D eigenvalue weighted by molar-refractivity contribution is 7.80. The Labute approximate surface area is 191 Å². The zero-order chi connectivity index (χ0) is 22.1. The predicted octanol–water partition coefficient (Wildman–Crippen LogP) is 5.20. The van der Waals surface area contributed by atoms with Gasteiger partial charge in [-0.2, -0.15) is 0 Å². The first-order valence-corrected chi connectivity index (χ1v) is 10.6. The van der Waals surface area contributed by atoms with Gasteiger partial charge >= 0.3 is 0 Å². The van der Waals surface area contributed by atoms with E-state index >= 15 is 0 Å². The number of nitrogens with one attached hydrogen (secondary N) is 1. The van der Waals surface area contributed by atoms with E-state index < -0.39 is 0 Å². The van der Waals surface area contributed by atoms with Crippen molar-refractivity contribution in [1.82, 2.24) is 14.9 Å². The van der Waals surface area contributed by atoms with Crippen LogP contribution in [0.4, 0.5) is 10.1 Å². The number of hydrogen-bond acceptors (Lipinski definition) is 3. The number of benzene rings is 2. The summed E-state index contributed by atoms with van der Waals surface area (Å²) in [7, 11) is 1.64. The van der Waals surface area contributed by atoms with Crippen LogP contribution < -0.4 is 15.0 Å². The van der Waals surface area contributed by atoms with Crippen molar-refractivity contribution in [3.8, 4) is 11.4 Å². The Morgan fingerprint density at radius 2 is 1.75 bits per heavy atom. The maximum atomic E-state index is 14.7. The molecular weight excluding hydrogens is 423 g/mol.